The fourth-order valence-corrected chi connectivity index (χ4v) is 2.80. The van der Waals surface area contributed by atoms with Gasteiger partial charge in [-0.05, 0) is 36.6 Å². The van der Waals surface area contributed by atoms with E-state index >= 15 is 0 Å². The van der Waals surface area contributed by atoms with Crippen LogP contribution in [-0.4, -0.2) is 12.9 Å². The lowest BCUT2D eigenvalue weighted by Crippen LogP contribution is -1.99. The van der Waals surface area contributed by atoms with Crippen molar-refractivity contribution in [3.05, 3.63) is 51.9 Å². The van der Waals surface area contributed by atoms with Crippen LogP contribution in [0.5, 0.6) is 5.75 Å². The maximum absolute atomic E-state index is 12.4. The molecule has 0 fully saturated rings. The van der Waals surface area contributed by atoms with Crippen LogP contribution in [0.15, 0.2) is 40.1 Å². The van der Waals surface area contributed by atoms with Crippen LogP contribution < -0.4 is 4.74 Å². The number of rotatable bonds is 3. The number of carbonyl (C=O) groups excluding carboxylic acids is 1. The number of hydrogen-bond donors (Lipinski definition) is 0. The number of benzene rings is 1. The predicted molar refractivity (Wildman–Crippen MR) is 75.3 cm³/mol. The molecule has 0 radical (unpaired) electrons. The van der Waals surface area contributed by atoms with Gasteiger partial charge in [0.2, 0.25) is 5.78 Å². The number of ether oxygens (including phenoxy) is 1. The van der Waals surface area contributed by atoms with E-state index in [2.05, 4.69) is 0 Å². The van der Waals surface area contributed by atoms with E-state index in [0.717, 1.165) is 16.9 Å². The van der Waals surface area contributed by atoms with Gasteiger partial charge in [-0.2, -0.15) is 0 Å². The van der Waals surface area contributed by atoms with Gasteiger partial charge in [-0.3, -0.25) is 4.79 Å². The third-order valence-corrected chi connectivity index (χ3v) is 3.84. The van der Waals surface area contributed by atoms with E-state index < -0.39 is 0 Å². The lowest BCUT2D eigenvalue weighted by molar-refractivity contribution is 0.104. The Morgan fingerprint density at radius 1 is 1.32 bits per heavy atom. The predicted octanol–water partition coefficient (Wildman–Crippen LogP) is 4.04. The highest BCUT2D eigenvalue weighted by Crippen LogP contribution is 2.32. The molecule has 0 saturated carbocycles. The first kappa shape index (κ1) is 12.0. The average Bonchev–Trinajstić information content (AvgIpc) is 3.04. The molecule has 96 valence electrons. The quantitative estimate of drug-likeness (QED) is 0.675. The van der Waals surface area contributed by atoms with Crippen LogP contribution in [0.25, 0.3) is 11.0 Å². The Labute approximate surface area is 114 Å². The number of fused-ring (bicyclic) bond motifs is 1. The molecule has 3 rings (SSSR count). The molecule has 0 aliphatic carbocycles. The Kier molecular flexibility index (Phi) is 2.87. The van der Waals surface area contributed by atoms with Crippen molar-refractivity contribution >= 4 is 28.1 Å². The molecule has 0 aliphatic heterocycles. The third-order valence-electron chi connectivity index (χ3n) is 2.98. The molecule has 1 aromatic carbocycles. The van der Waals surface area contributed by atoms with E-state index in [1.165, 1.54) is 11.3 Å². The van der Waals surface area contributed by atoms with Gasteiger partial charge >= 0.3 is 0 Å². The van der Waals surface area contributed by atoms with Gasteiger partial charge in [-0.15, -0.1) is 11.3 Å². The van der Waals surface area contributed by atoms with Crippen molar-refractivity contribution in [1.82, 2.24) is 0 Å². The summed E-state index contributed by atoms with van der Waals surface area (Å²) in [6.07, 6.45) is 0. The van der Waals surface area contributed by atoms with Gasteiger partial charge in [0.1, 0.15) is 17.1 Å². The van der Waals surface area contributed by atoms with Crippen LogP contribution in [0.2, 0.25) is 0 Å². The number of methoxy groups -OCH3 is 1. The molecule has 0 unspecified atom stereocenters. The zero-order chi connectivity index (χ0) is 13.4. The summed E-state index contributed by atoms with van der Waals surface area (Å²) in [7, 11) is 1.61. The third kappa shape index (κ3) is 1.94. The highest BCUT2D eigenvalue weighted by molar-refractivity contribution is 7.12. The fraction of sp³-hybridized carbons (Fsp3) is 0.133. The molecule has 2 heterocycles. The molecule has 0 amide bonds. The highest BCUT2D eigenvalue weighted by Gasteiger charge is 2.18. The molecule has 3 aromatic rings. The van der Waals surface area contributed by atoms with E-state index in [-0.39, 0.29) is 5.78 Å². The topological polar surface area (TPSA) is 39.4 Å². The molecule has 0 saturated heterocycles. The lowest BCUT2D eigenvalue weighted by Gasteiger charge is -2.04. The molecule has 0 atom stereocenters. The van der Waals surface area contributed by atoms with Crippen LogP contribution in [0.1, 0.15) is 21.0 Å². The summed E-state index contributed by atoms with van der Waals surface area (Å²) in [5.41, 5.74) is 1.17. The first-order chi connectivity index (χ1) is 9.20. The molecule has 3 nitrogen and oxygen atoms in total. The minimum Gasteiger partial charge on any atom is -0.496 e. The van der Waals surface area contributed by atoms with Crippen LogP contribution >= 0.6 is 11.3 Å². The molecule has 19 heavy (non-hydrogen) atoms. The number of carbonyl (C=O) groups is 1. The summed E-state index contributed by atoms with van der Waals surface area (Å²) in [6, 6.07) is 9.13. The zero-order valence-corrected chi connectivity index (χ0v) is 11.4. The van der Waals surface area contributed by atoms with Gasteiger partial charge in [0.05, 0.1) is 22.9 Å². The van der Waals surface area contributed by atoms with Crippen molar-refractivity contribution in [2.45, 2.75) is 6.92 Å². The molecular formula is C15H12O3S. The summed E-state index contributed by atoms with van der Waals surface area (Å²) < 4.78 is 11.0. The summed E-state index contributed by atoms with van der Waals surface area (Å²) in [4.78, 5) is 13.1. The minimum atomic E-state index is -0.0167. The van der Waals surface area contributed by atoms with Crippen LogP contribution in [0, 0.1) is 6.92 Å². The number of ketones is 1. The summed E-state index contributed by atoms with van der Waals surface area (Å²) in [5, 5.41) is 2.73. The Morgan fingerprint density at radius 3 is 2.84 bits per heavy atom. The summed E-state index contributed by atoms with van der Waals surface area (Å²) in [6.45, 7) is 1.86. The van der Waals surface area contributed by atoms with Crippen molar-refractivity contribution < 1.29 is 13.9 Å². The molecule has 0 N–H and O–H groups in total. The number of thiophene rings is 1. The Balaban J connectivity index is 2.22. The van der Waals surface area contributed by atoms with Gasteiger partial charge in [-0.1, -0.05) is 6.07 Å². The van der Waals surface area contributed by atoms with E-state index in [4.69, 9.17) is 9.15 Å². The number of hydrogen-bond acceptors (Lipinski definition) is 4. The molecule has 0 bridgehead atoms. The second-order valence-corrected chi connectivity index (χ2v) is 5.17. The smallest absolute Gasteiger partial charge is 0.206 e. The van der Waals surface area contributed by atoms with E-state index in [1.807, 2.05) is 30.5 Å². The van der Waals surface area contributed by atoms with Crippen molar-refractivity contribution in [3.8, 4) is 5.75 Å². The fourth-order valence-electron chi connectivity index (χ4n) is 2.12. The molecule has 0 spiro atoms. The van der Waals surface area contributed by atoms with Gasteiger partial charge in [0.15, 0.2) is 0 Å². The standard InChI is InChI=1S/C15H12O3S/c1-9-8-11-12(17-2)6-5-10(15(11)18-9)14(16)13-4-3-7-19-13/h3-8H,1-2H3. The van der Waals surface area contributed by atoms with Crippen LogP contribution in [-0.2, 0) is 0 Å². The minimum absolute atomic E-state index is 0.0167. The first-order valence-corrected chi connectivity index (χ1v) is 6.74. The van der Waals surface area contributed by atoms with Crippen molar-refractivity contribution in [2.75, 3.05) is 7.11 Å². The zero-order valence-electron chi connectivity index (χ0n) is 10.6. The second kappa shape index (κ2) is 4.55. The van der Waals surface area contributed by atoms with E-state index in [9.17, 15) is 4.79 Å². The molecule has 0 aliphatic rings. The van der Waals surface area contributed by atoms with E-state index in [1.54, 1.807) is 19.2 Å². The van der Waals surface area contributed by atoms with Gasteiger partial charge in [0, 0.05) is 0 Å². The maximum Gasteiger partial charge on any atom is 0.206 e. The number of aryl methyl sites for hydroxylation is 1. The summed E-state index contributed by atoms with van der Waals surface area (Å²) in [5.74, 6) is 1.46. The maximum atomic E-state index is 12.4. The first-order valence-electron chi connectivity index (χ1n) is 5.86. The lowest BCUT2D eigenvalue weighted by atomic mass is 10.1. The van der Waals surface area contributed by atoms with Gasteiger partial charge in [0.25, 0.3) is 0 Å². The monoisotopic (exact) mass is 272 g/mol. The van der Waals surface area contributed by atoms with Crippen LogP contribution in [0.3, 0.4) is 0 Å². The molecule has 4 heteroatoms. The average molecular weight is 272 g/mol. The van der Waals surface area contributed by atoms with Gasteiger partial charge < -0.3 is 9.15 Å². The SMILES string of the molecule is COc1ccc(C(=O)c2cccs2)c2oc(C)cc12. The second-order valence-electron chi connectivity index (χ2n) is 4.22. The number of furan rings is 1. The van der Waals surface area contributed by atoms with Crippen molar-refractivity contribution in [1.29, 1.82) is 0 Å². The Bertz CT molecular complexity index is 738. The largest absolute Gasteiger partial charge is 0.496 e. The van der Waals surface area contributed by atoms with Crippen molar-refractivity contribution in [3.63, 3.8) is 0 Å². The van der Waals surface area contributed by atoms with Crippen molar-refractivity contribution in [2.24, 2.45) is 0 Å². The van der Waals surface area contributed by atoms with E-state index in [0.29, 0.717) is 16.0 Å². The summed E-state index contributed by atoms with van der Waals surface area (Å²) >= 11 is 1.43. The van der Waals surface area contributed by atoms with Crippen LogP contribution in [0.4, 0.5) is 0 Å². The Morgan fingerprint density at radius 2 is 2.16 bits per heavy atom. The Hall–Kier alpha value is -2.07. The molecular weight excluding hydrogens is 260 g/mol. The van der Waals surface area contributed by atoms with Gasteiger partial charge in [-0.25, -0.2) is 0 Å². The molecule has 2 aromatic heterocycles. The normalized spacial score (nSPS) is 10.8. The highest BCUT2D eigenvalue weighted by atomic mass is 32.1.